The molecule has 1 aliphatic rings. The average Bonchev–Trinajstić information content (AvgIpc) is 3.03. The second-order valence-electron chi connectivity index (χ2n) is 4.88. The molecule has 0 radical (unpaired) electrons. The van der Waals surface area contributed by atoms with Crippen molar-refractivity contribution in [1.82, 2.24) is 19.3 Å². The molecule has 1 fully saturated rings. The first-order valence-corrected chi connectivity index (χ1v) is 7.54. The molecule has 0 spiro atoms. The van der Waals surface area contributed by atoms with Crippen molar-refractivity contribution in [1.29, 1.82) is 0 Å². The fourth-order valence-electron chi connectivity index (χ4n) is 2.78. The molecule has 0 bridgehead atoms. The van der Waals surface area contributed by atoms with Crippen LogP contribution >= 0.6 is 15.9 Å². The van der Waals surface area contributed by atoms with Gasteiger partial charge in [-0.3, -0.25) is 4.90 Å². The van der Waals surface area contributed by atoms with Crippen LogP contribution in [-0.2, 0) is 0 Å². The molecule has 1 N–H and O–H groups in total. The maximum atomic E-state index is 4.49. The average molecular weight is 324 g/mol. The molecular weight excluding hydrogens is 306 g/mol. The lowest BCUT2D eigenvalue weighted by Gasteiger charge is -2.23. The summed E-state index contributed by atoms with van der Waals surface area (Å²) in [5.41, 5.74) is 0.879. The molecule has 1 atom stereocenters. The van der Waals surface area contributed by atoms with Gasteiger partial charge in [-0.15, -0.1) is 0 Å². The van der Waals surface area contributed by atoms with Crippen molar-refractivity contribution in [2.45, 2.75) is 25.8 Å². The molecule has 1 saturated heterocycles. The third-order valence-electron chi connectivity index (χ3n) is 3.76. The molecule has 2 aromatic rings. The number of rotatable bonds is 4. The van der Waals surface area contributed by atoms with Gasteiger partial charge in [0.15, 0.2) is 11.5 Å². The number of imidazole rings is 1. The Bertz CT molecular complexity index is 567. The Morgan fingerprint density at radius 2 is 2.42 bits per heavy atom. The number of hydrogen-bond acceptors (Lipinski definition) is 4. The smallest absolute Gasteiger partial charge is 0.180 e. The summed E-state index contributed by atoms with van der Waals surface area (Å²) >= 11 is 3.44. The normalized spacial score (nSPS) is 20.2. The maximum absolute atomic E-state index is 4.49. The van der Waals surface area contributed by atoms with Crippen LogP contribution in [0, 0.1) is 0 Å². The Hall–Kier alpha value is -1.14. The number of nitrogens with zero attached hydrogens (tertiary/aromatic N) is 4. The molecule has 5 nitrogen and oxygen atoms in total. The molecule has 1 aliphatic heterocycles. The summed E-state index contributed by atoms with van der Waals surface area (Å²) in [6.45, 7) is 5.49. The van der Waals surface area contributed by atoms with Gasteiger partial charge >= 0.3 is 0 Å². The summed E-state index contributed by atoms with van der Waals surface area (Å²) in [5.74, 6) is 0.849. The van der Waals surface area contributed by atoms with Crippen LogP contribution in [-0.4, -0.2) is 44.9 Å². The first kappa shape index (κ1) is 12.9. The van der Waals surface area contributed by atoms with Crippen molar-refractivity contribution in [2.75, 3.05) is 25.0 Å². The second kappa shape index (κ2) is 5.46. The van der Waals surface area contributed by atoms with Crippen molar-refractivity contribution < 1.29 is 0 Å². The van der Waals surface area contributed by atoms with Crippen LogP contribution in [0.1, 0.15) is 19.8 Å². The van der Waals surface area contributed by atoms with Crippen molar-refractivity contribution in [3.63, 3.8) is 0 Å². The predicted octanol–water partition coefficient (Wildman–Crippen LogP) is 2.39. The number of nitrogens with one attached hydrogen (secondary N) is 1. The molecule has 2 aromatic heterocycles. The van der Waals surface area contributed by atoms with E-state index in [2.05, 4.69) is 43.0 Å². The van der Waals surface area contributed by atoms with E-state index < -0.39 is 0 Å². The van der Waals surface area contributed by atoms with Crippen LogP contribution in [0.15, 0.2) is 23.2 Å². The predicted molar refractivity (Wildman–Crippen MR) is 79.4 cm³/mol. The molecule has 19 heavy (non-hydrogen) atoms. The molecule has 6 heteroatoms. The molecule has 3 rings (SSSR count). The van der Waals surface area contributed by atoms with Gasteiger partial charge in [-0.2, -0.15) is 0 Å². The van der Waals surface area contributed by atoms with E-state index in [1.807, 2.05) is 16.8 Å². The van der Waals surface area contributed by atoms with Crippen molar-refractivity contribution >= 4 is 27.4 Å². The molecule has 3 heterocycles. The van der Waals surface area contributed by atoms with Crippen molar-refractivity contribution in [3.05, 3.63) is 23.2 Å². The Labute approximate surface area is 121 Å². The van der Waals surface area contributed by atoms with E-state index in [0.29, 0.717) is 6.04 Å². The Balaban J connectivity index is 1.76. The third-order valence-corrected chi connectivity index (χ3v) is 4.14. The second-order valence-corrected chi connectivity index (χ2v) is 5.69. The molecule has 102 valence electrons. The Kier molecular flexibility index (Phi) is 3.70. The van der Waals surface area contributed by atoms with Gasteiger partial charge in [0.25, 0.3) is 0 Å². The topological polar surface area (TPSA) is 45.5 Å². The van der Waals surface area contributed by atoms with Gasteiger partial charge in [0.2, 0.25) is 0 Å². The highest BCUT2D eigenvalue weighted by Gasteiger charge is 2.22. The molecule has 1 unspecified atom stereocenters. The van der Waals surface area contributed by atoms with Crippen LogP contribution in [0.2, 0.25) is 0 Å². The van der Waals surface area contributed by atoms with E-state index in [9.17, 15) is 0 Å². The van der Waals surface area contributed by atoms with Gasteiger partial charge < -0.3 is 9.72 Å². The van der Waals surface area contributed by atoms with Crippen LogP contribution in [0.5, 0.6) is 0 Å². The van der Waals surface area contributed by atoms with Gasteiger partial charge in [-0.05, 0) is 41.9 Å². The van der Waals surface area contributed by atoms with Gasteiger partial charge in [0, 0.05) is 31.2 Å². The highest BCUT2D eigenvalue weighted by molar-refractivity contribution is 9.10. The maximum Gasteiger partial charge on any atom is 0.180 e. The largest absolute Gasteiger partial charge is 0.365 e. The summed E-state index contributed by atoms with van der Waals surface area (Å²) in [7, 11) is 0. The first-order valence-electron chi connectivity index (χ1n) is 6.75. The minimum Gasteiger partial charge on any atom is -0.365 e. The number of likely N-dealkylation sites (N-methyl/N-ethyl adjacent to an activating group) is 1. The van der Waals surface area contributed by atoms with Gasteiger partial charge in [0.05, 0.1) is 0 Å². The zero-order valence-electron chi connectivity index (χ0n) is 11.0. The number of aromatic nitrogens is 3. The Morgan fingerprint density at radius 3 is 3.26 bits per heavy atom. The molecular formula is C13H18BrN5. The van der Waals surface area contributed by atoms with E-state index >= 15 is 0 Å². The number of halogens is 1. The summed E-state index contributed by atoms with van der Waals surface area (Å²) in [5, 5.41) is 3.45. The monoisotopic (exact) mass is 323 g/mol. The zero-order chi connectivity index (χ0) is 13.2. The quantitative estimate of drug-likeness (QED) is 0.938. The van der Waals surface area contributed by atoms with E-state index in [4.69, 9.17) is 0 Å². The van der Waals surface area contributed by atoms with E-state index in [0.717, 1.165) is 29.2 Å². The van der Waals surface area contributed by atoms with E-state index in [1.165, 1.54) is 19.4 Å². The molecule has 0 aromatic carbocycles. The summed E-state index contributed by atoms with van der Waals surface area (Å²) in [6.07, 6.45) is 8.20. The van der Waals surface area contributed by atoms with Crippen LogP contribution in [0.25, 0.3) is 5.65 Å². The van der Waals surface area contributed by atoms with Crippen LogP contribution in [0.3, 0.4) is 0 Å². The fourth-order valence-corrected chi connectivity index (χ4v) is 3.17. The fraction of sp³-hybridized carbons (Fsp3) is 0.538. The molecule has 0 saturated carbocycles. The van der Waals surface area contributed by atoms with Gasteiger partial charge in [-0.25, -0.2) is 9.97 Å². The summed E-state index contributed by atoms with van der Waals surface area (Å²) in [4.78, 5) is 11.4. The lowest BCUT2D eigenvalue weighted by atomic mass is 10.2. The first-order chi connectivity index (χ1) is 9.28. The zero-order valence-corrected chi connectivity index (χ0v) is 12.6. The van der Waals surface area contributed by atoms with E-state index in [-0.39, 0.29) is 0 Å². The number of likely N-dealkylation sites (tertiary alicyclic amines) is 1. The van der Waals surface area contributed by atoms with Gasteiger partial charge in [-0.1, -0.05) is 6.92 Å². The number of hydrogen-bond donors (Lipinski definition) is 1. The van der Waals surface area contributed by atoms with Crippen molar-refractivity contribution in [3.8, 4) is 0 Å². The highest BCUT2D eigenvalue weighted by Crippen LogP contribution is 2.20. The van der Waals surface area contributed by atoms with Crippen LogP contribution in [0.4, 0.5) is 5.82 Å². The number of fused-ring (bicyclic) bond motifs is 1. The SMILES string of the molecule is CCN1CCCC1CNc1nc(Br)cn2ccnc12. The summed E-state index contributed by atoms with van der Waals surface area (Å²) in [6, 6.07) is 0.612. The Morgan fingerprint density at radius 1 is 1.53 bits per heavy atom. The lowest BCUT2D eigenvalue weighted by Crippen LogP contribution is -2.34. The molecule has 0 amide bonds. The number of anilines is 1. The molecule has 0 aliphatic carbocycles. The van der Waals surface area contributed by atoms with Crippen LogP contribution < -0.4 is 5.32 Å². The van der Waals surface area contributed by atoms with Gasteiger partial charge in [0.1, 0.15) is 4.60 Å². The van der Waals surface area contributed by atoms with E-state index in [1.54, 1.807) is 6.20 Å². The minimum atomic E-state index is 0.612. The standard InChI is InChI=1S/C13H18BrN5/c1-2-18-6-3-4-10(18)8-16-12-13-15-5-7-19(13)9-11(14)17-12/h5,7,9-10H,2-4,6,8H2,1H3,(H,16,17). The lowest BCUT2D eigenvalue weighted by molar-refractivity contribution is 0.277. The minimum absolute atomic E-state index is 0.612. The summed E-state index contributed by atoms with van der Waals surface area (Å²) < 4.78 is 2.80. The highest BCUT2D eigenvalue weighted by atomic mass is 79.9. The third kappa shape index (κ3) is 2.60. The van der Waals surface area contributed by atoms with Crippen molar-refractivity contribution in [2.24, 2.45) is 0 Å².